The van der Waals surface area contributed by atoms with Gasteiger partial charge < -0.3 is 16.3 Å². The van der Waals surface area contributed by atoms with E-state index >= 15 is 0 Å². The van der Waals surface area contributed by atoms with Crippen LogP contribution in [0.3, 0.4) is 0 Å². The molecular weight excluding hydrogens is 300 g/mol. The Morgan fingerprint density at radius 3 is 2.83 bits per heavy atom. The van der Waals surface area contributed by atoms with E-state index in [4.69, 9.17) is 10.9 Å². The van der Waals surface area contributed by atoms with Gasteiger partial charge in [-0.25, -0.2) is 0 Å². The third-order valence-electron chi connectivity index (χ3n) is 2.74. The minimum Gasteiger partial charge on any atom is -0.409 e. The number of amidine groups is 1. The maximum absolute atomic E-state index is 12.0. The van der Waals surface area contributed by atoms with Crippen molar-refractivity contribution in [1.29, 1.82) is 0 Å². The zero-order valence-electron chi connectivity index (χ0n) is 10.1. The highest BCUT2D eigenvalue weighted by Gasteiger charge is 2.30. The van der Waals surface area contributed by atoms with Crippen LogP contribution in [0, 0.1) is 0 Å². The third kappa shape index (κ3) is 3.19. The summed E-state index contributed by atoms with van der Waals surface area (Å²) in [6, 6.07) is 1.64. The van der Waals surface area contributed by atoms with Gasteiger partial charge in [-0.3, -0.25) is 9.78 Å². The number of hydrogen-bond donors (Lipinski definition) is 3. The van der Waals surface area contributed by atoms with Crippen LogP contribution in [-0.2, 0) is 0 Å². The second-order valence-electron chi connectivity index (χ2n) is 4.02. The van der Waals surface area contributed by atoms with Gasteiger partial charge in [0.05, 0.1) is 11.1 Å². The van der Waals surface area contributed by atoms with Gasteiger partial charge in [0.15, 0.2) is 5.84 Å². The van der Waals surface area contributed by atoms with Gasteiger partial charge in [0, 0.05) is 16.9 Å². The van der Waals surface area contributed by atoms with Crippen molar-refractivity contribution >= 4 is 27.7 Å². The number of oxime groups is 1. The number of hydrogen-bond acceptors (Lipinski definition) is 4. The molecule has 0 aliphatic rings. The Labute approximate surface area is 113 Å². The van der Waals surface area contributed by atoms with Gasteiger partial charge >= 0.3 is 0 Å². The van der Waals surface area contributed by atoms with E-state index in [1.54, 1.807) is 19.2 Å². The van der Waals surface area contributed by atoms with Crippen molar-refractivity contribution in [1.82, 2.24) is 10.3 Å². The third-order valence-corrected chi connectivity index (χ3v) is 3.17. The molecule has 6 nitrogen and oxygen atoms in total. The van der Waals surface area contributed by atoms with Gasteiger partial charge in [0.1, 0.15) is 0 Å². The van der Waals surface area contributed by atoms with E-state index < -0.39 is 5.54 Å². The average molecular weight is 315 g/mol. The second kappa shape index (κ2) is 5.81. The molecule has 1 aromatic heterocycles. The van der Waals surface area contributed by atoms with E-state index in [-0.39, 0.29) is 11.7 Å². The first-order valence-corrected chi connectivity index (χ1v) is 6.13. The quantitative estimate of drug-likeness (QED) is 0.339. The molecule has 98 valence electrons. The predicted octanol–water partition coefficient (Wildman–Crippen LogP) is 1.49. The first-order chi connectivity index (χ1) is 8.42. The van der Waals surface area contributed by atoms with E-state index in [0.717, 1.165) is 0 Å². The maximum Gasteiger partial charge on any atom is 0.253 e. The number of halogens is 1. The number of rotatable bonds is 4. The molecule has 4 N–H and O–H groups in total. The van der Waals surface area contributed by atoms with Crippen molar-refractivity contribution in [3.05, 3.63) is 28.5 Å². The number of nitrogens with one attached hydrogen (secondary N) is 1. The van der Waals surface area contributed by atoms with Crippen LogP contribution in [0.15, 0.2) is 28.1 Å². The molecule has 1 rings (SSSR count). The molecule has 0 aliphatic carbocycles. The summed E-state index contributed by atoms with van der Waals surface area (Å²) < 4.78 is 0.706. The Morgan fingerprint density at radius 1 is 1.67 bits per heavy atom. The van der Waals surface area contributed by atoms with Crippen LogP contribution >= 0.6 is 15.9 Å². The highest BCUT2D eigenvalue weighted by Crippen LogP contribution is 2.13. The van der Waals surface area contributed by atoms with Crippen molar-refractivity contribution in [2.75, 3.05) is 0 Å². The van der Waals surface area contributed by atoms with E-state index in [0.29, 0.717) is 16.5 Å². The van der Waals surface area contributed by atoms with Gasteiger partial charge in [-0.2, -0.15) is 0 Å². The highest BCUT2D eigenvalue weighted by atomic mass is 79.9. The summed E-state index contributed by atoms with van der Waals surface area (Å²) in [6.07, 6.45) is 3.53. The van der Waals surface area contributed by atoms with Crippen molar-refractivity contribution in [3.63, 3.8) is 0 Å². The minimum absolute atomic E-state index is 0.0405. The summed E-state index contributed by atoms with van der Waals surface area (Å²) in [5.74, 6) is -0.374. The van der Waals surface area contributed by atoms with Crippen LogP contribution in [0.2, 0.25) is 0 Å². The van der Waals surface area contributed by atoms with Crippen LogP contribution in [0.5, 0.6) is 0 Å². The molecule has 1 amide bonds. The lowest BCUT2D eigenvalue weighted by atomic mass is 9.97. The Balaban J connectivity index is 2.93. The fraction of sp³-hybridized carbons (Fsp3) is 0.364. The molecule has 0 aromatic carbocycles. The molecule has 0 fully saturated rings. The zero-order chi connectivity index (χ0) is 13.8. The fourth-order valence-corrected chi connectivity index (χ4v) is 1.67. The lowest BCUT2D eigenvalue weighted by Crippen LogP contribution is -2.55. The van der Waals surface area contributed by atoms with Crippen molar-refractivity contribution in [3.8, 4) is 0 Å². The number of nitrogens with zero attached hydrogens (tertiary/aromatic N) is 2. The number of nitrogens with two attached hydrogens (primary N) is 1. The van der Waals surface area contributed by atoms with Gasteiger partial charge in [-0.15, -0.1) is 0 Å². The SMILES string of the molecule is CCC(C)(NC(=O)c1cncc(Br)c1)/C(N)=N/O. The molecule has 0 saturated carbocycles. The van der Waals surface area contributed by atoms with Crippen LogP contribution in [0.25, 0.3) is 0 Å². The summed E-state index contributed by atoms with van der Waals surface area (Å²) >= 11 is 3.24. The lowest BCUT2D eigenvalue weighted by molar-refractivity contribution is 0.0924. The monoisotopic (exact) mass is 314 g/mol. The van der Waals surface area contributed by atoms with Crippen LogP contribution in [0.4, 0.5) is 0 Å². The van der Waals surface area contributed by atoms with Crippen LogP contribution < -0.4 is 11.1 Å². The summed E-state index contributed by atoms with van der Waals surface area (Å²) in [5.41, 5.74) is 5.08. The molecule has 1 atom stereocenters. The lowest BCUT2D eigenvalue weighted by Gasteiger charge is -2.27. The van der Waals surface area contributed by atoms with Crippen LogP contribution in [0.1, 0.15) is 30.6 Å². The number of carbonyl (C=O) groups excluding carboxylic acids is 1. The second-order valence-corrected chi connectivity index (χ2v) is 4.93. The Kier molecular flexibility index (Phi) is 4.66. The topological polar surface area (TPSA) is 101 Å². The first kappa shape index (κ1) is 14.4. The fourth-order valence-electron chi connectivity index (χ4n) is 1.30. The summed E-state index contributed by atoms with van der Waals surface area (Å²) in [4.78, 5) is 15.9. The van der Waals surface area contributed by atoms with E-state index in [1.165, 1.54) is 6.20 Å². The van der Waals surface area contributed by atoms with E-state index in [1.807, 2.05) is 6.92 Å². The average Bonchev–Trinajstić information content (AvgIpc) is 2.37. The predicted molar refractivity (Wildman–Crippen MR) is 71.5 cm³/mol. The first-order valence-electron chi connectivity index (χ1n) is 5.34. The molecule has 0 bridgehead atoms. The molecule has 1 heterocycles. The molecule has 1 unspecified atom stereocenters. The largest absolute Gasteiger partial charge is 0.409 e. The number of amides is 1. The maximum atomic E-state index is 12.0. The summed E-state index contributed by atoms with van der Waals surface area (Å²) in [6.45, 7) is 3.52. The van der Waals surface area contributed by atoms with E-state index in [2.05, 4.69) is 31.4 Å². The van der Waals surface area contributed by atoms with Crippen molar-refractivity contribution < 1.29 is 10.0 Å². The standard InChI is InChI=1S/C11H15BrN4O2/c1-3-11(2,10(13)16-18)15-9(17)7-4-8(12)6-14-5-7/h4-6,18H,3H2,1-2H3,(H2,13,16)(H,15,17). The van der Waals surface area contributed by atoms with Gasteiger partial charge in [0.2, 0.25) is 0 Å². The summed E-state index contributed by atoms with van der Waals surface area (Å²) in [7, 11) is 0. The Bertz CT molecular complexity index is 478. The van der Waals surface area contributed by atoms with Gasteiger partial charge in [-0.05, 0) is 35.3 Å². The minimum atomic E-state index is -0.895. The Morgan fingerprint density at radius 2 is 2.33 bits per heavy atom. The number of carbonyl (C=O) groups is 1. The number of pyridine rings is 1. The molecule has 7 heteroatoms. The van der Waals surface area contributed by atoms with Gasteiger partial charge in [-0.1, -0.05) is 12.1 Å². The van der Waals surface area contributed by atoms with Crippen molar-refractivity contribution in [2.24, 2.45) is 10.9 Å². The molecule has 0 aliphatic heterocycles. The smallest absolute Gasteiger partial charge is 0.253 e. The van der Waals surface area contributed by atoms with Gasteiger partial charge in [0.25, 0.3) is 5.91 Å². The molecule has 0 saturated heterocycles. The Hall–Kier alpha value is -1.63. The normalized spacial score (nSPS) is 14.9. The molecule has 18 heavy (non-hydrogen) atoms. The molecule has 0 radical (unpaired) electrons. The van der Waals surface area contributed by atoms with E-state index in [9.17, 15) is 4.79 Å². The highest BCUT2D eigenvalue weighted by molar-refractivity contribution is 9.10. The van der Waals surface area contributed by atoms with Crippen molar-refractivity contribution in [2.45, 2.75) is 25.8 Å². The van der Waals surface area contributed by atoms with Crippen LogP contribution in [-0.4, -0.2) is 27.5 Å². The molecule has 1 aromatic rings. The zero-order valence-corrected chi connectivity index (χ0v) is 11.7. The molecule has 0 spiro atoms. The summed E-state index contributed by atoms with van der Waals surface area (Å²) in [5, 5.41) is 14.4. The molecular formula is C11H15BrN4O2. The number of aromatic nitrogens is 1.